The van der Waals surface area contributed by atoms with Gasteiger partial charge < -0.3 is 24.1 Å². The van der Waals surface area contributed by atoms with E-state index in [4.69, 9.17) is 16.0 Å². The van der Waals surface area contributed by atoms with Gasteiger partial charge in [0.2, 0.25) is 17.7 Å². The summed E-state index contributed by atoms with van der Waals surface area (Å²) in [5.41, 5.74) is 4.55. The summed E-state index contributed by atoms with van der Waals surface area (Å²) in [6.07, 6.45) is 4.11. The van der Waals surface area contributed by atoms with Gasteiger partial charge in [-0.15, -0.1) is 10.2 Å². The molecule has 0 aliphatic carbocycles. The zero-order valence-electron chi connectivity index (χ0n) is 23.1. The predicted octanol–water partition coefficient (Wildman–Crippen LogP) is 5.21. The van der Waals surface area contributed by atoms with Crippen molar-refractivity contribution in [3.63, 3.8) is 0 Å². The van der Waals surface area contributed by atoms with E-state index in [0.717, 1.165) is 54.1 Å². The van der Waals surface area contributed by atoms with Crippen LogP contribution in [0.4, 0.5) is 10.5 Å². The maximum Gasteiger partial charge on any atom is 0.322 e. The number of carbonyl (C=O) groups is 2. The molecule has 1 saturated heterocycles. The van der Waals surface area contributed by atoms with Crippen molar-refractivity contribution in [3.8, 4) is 22.7 Å². The second-order valence-corrected chi connectivity index (χ2v) is 10.9. The Hall–Kier alpha value is -4.18. The number of nitrogens with one attached hydrogen (secondary N) is 1. The number of para-hydroxylation sites is 1. The molecule has 0 bridgehead atoms. The molecule has 10 nitrogen and oxygen atoms in total. The van der Waals surface area contributed by atoms with Crippen LogP contribution >= 0.6 is 11.6 Å². The smallest absolute Gasteiger partial charge is 0.322 e. The van der Waals surface area contributed by atoms with Crippen LogP contribution < -0.4 is 5.32 Å². The van der Waals surface area contributed by atoms with Crippen LogP contribution in [-0.4, -0.2) is 67.2 Å². The summed E-state index contributed by atoms with van der Waals surface area (Å²) < 4.78 is 8.01. The van der Waals surface area contributed by atoms with Gasteiger partial charge >= 0.3 is 6.03 Å². The van der Waals surface area contributed by atoms with Crippen molar-refractivity contribution in [2.45, 2.75) is 52.1 Å². The number of halogens is 1. The van der Waals surface area contributed by atoms with Gasteiger partial charge in [-0.25, -0.2) is 9.78 Å². The van der Waals surface area contributed by atoms with E-state index in [0.29, 0.717) is 36.1 Å². The summed E-state index contributed by atoms with van der Waals surface area (Å²) >= 11 is 6.45. The molecule has 4 aromatic rings. The van der Waals surface area contributed by atoms with Crippen molar-refractivity contribution in [1.29, 1.82) is 0 Å². The molecule has 4 heterocycles. The highest BCUT2D eigenvalue weighted by molar-refractivity contribution is 6.31. The van der Waals surface area contributed by atoms with Crippen LogP contribution in [0.1, 0.15) is 37.0 Å². The molecule has 3 amide bonds. The largest absolute Gasteiger partial charge is 0.420 e. The van der Waals surface area contributed by atoms with Crippen molar-refractivity contribution >= 4 is 29.2 Å². The van der Waals surface area contributed by atoms with Gasteiger partial charge in [0.05, 0.1) is 11.9 Å². The Morgan fingerprint density at radius 3 is 2.68 bits per heavy atom. The highest BCUT2D eigenvalue weighted by atomic mass is 35.5. The summed E-state index contributed by atoms with van der Waals surface area (Å²) in [7, 11) is 0. The lowest BCUT2D eigenvalue weighted by molar-refractivity contribution is -0.132. The molecule has 212 valence electrons. The molecule has 6 rings (SSSR count). The third kappa shape index (κ3) is 5.56. The first-order chi connectivity index (χ1) is 19.9. The third-order valence-corrected chi connectivity index (χ3v) is 8.20. The zero-order valence-corrected chi connectivity index (χ0v) is 23.9. The molecular formula is C30H32ClN7O3. The molecule has 2 aliphatic heterocycles. The number of hydrogen-bond acceptors (Lipinski definition) is 6. The highest BCUT2D eigenvalue weighted by Gasteiger charge is 2.31. The SMILES string of the molecule is CCn1c(-c2cc(Cl)cc(-c3nnc(CC(=O)N4CCC(N5CCc6ccccc6NC5=O)CC4)o3)c2)cnc1C. The predicted molar refractivity (Wildman–Crippen MR) is 156 cm³/mol. The van der Waals surface area contributed by atoms with Crippen LogP contribution in [0, 0.1) is 6.92 Å². The molecule has 2 aliphatic rings. The van der Waals surface area contributed by atoms with Gasteiger partial charge in [0.1, 0.15) is 12.2 Å². The molecule has 0 atom stereocenters. The number of aromatic nitrogens is 4. The number of rotatable bonds is 6. The Labute approximate surface area is 243 Å². The number of piperidine rings is 1. The Morgan fingerprint density at radius 1 is 1.10 bits per heavy atom. The first-order valence-corrected chi connectivity index (χ1v) is 14.4. The molecule has 0 radical (unpaired) electrons. The van der Waals surface area contributed by atoms with Gasteiger partial charge in [-0.3, -0.25) is 4.79 Å². The van der Waals surface area contributed by atoms with Crippen LogP contribution in [0.15, 0.2) is 53.1 Å². The number of hydrogen-bond donors (Lipinski definition) is 1. The van der Waals surface area contributed by atoms with E-state index >= 15 is 0 Å². The molecule has 2 aromatic heterocycles. The maximum atomic E-state index is 13.1. The molecule has 2 aromatic carbocycles. The van der Waals surface area contributed by atoms with Gasteiger partial charge in [0, 0.05) is 54.1 Å². The minimum Gasteiger partial charge on any atom is -0.420 e. The summed E-state index contributed by atoms with van der Waals surface area (Å²) in [6, 6.07) is 13.5. The normalized spacial score (nSPS) is 15.9. The van der Waals surface area contributed by atoms with Crippen LogP contribution in [0.3, 0.4) is 0 Å². The van der Waals surface area contributed by atoms with Crippen LogP contribution in [0.5, 0.6) is 0 Å². The minimum absolute atomic E-state index is 0.0202. The topological polar surface area (TPSA) is 109 Å². The van der Waals surface area contributed by atoms with E-state index in [1.54, 1.807) is 6.07 Å². The number of likely N-dealkylation sites (tertiary alicyclic amines) is 1. The fourth-order valence-corrected chi connectivity index (χ4v) is 6.04. The molecular weight excluding hydrogens is 542 g/mol. The first-order valence-electron chi connectivity index (χ1n) is 14.0. The maximum absolute atomic E-state index is 13.1. The number of anilines is 1. The number of benzene rings is 2. The summed E-state index contributed by atoms with van der Waals surface area (Å²) in [5.74, 6) is 1.42. The molecule has 11 heteroatoms. The lowest BCUT2D eigenvalue weighted by Crippen LogP contribution is -2.50. The monoisotopic (exact) mass is 573 g/mol. The number of imidazole rings is 1. The van der Waals surface area contributed by atoms with Crippen molar-refractivity contribution < 1.29 is 14.0 Å². The highest BCUT2D eigenvalue weighted by Crippen LogP contribution is 2.31. The Bertz CT molecular complexity index is 1590. The number of aryl methyl sites for hydroxylation is 1. The average molecular weight is 574 g/mol. The average Bonchev–Trinajstić information content (AvgIpc) is 3.55. The van der Waals surface area contributed by atoms with Crippen molar-refractivity contribution in [3.05, 3.63) is 71.0 Å². The number of urea groups is 1. The standard InChI is InChI=1S/C30H32ClN7O3/c1-3-37-19(2)32-18-26(37)21-14-22(16-23(31)15-21)29-35-34-27(41-29)17-28(39)36-11-9-24(10-12-36)38-13-8-20-6-4-5-7-25(20)33-30(38)40/h4-7,14-16,18,24H,3,8-13,17H2,1-2H3,(H,33,40). The fourth-order valence-electron chi connectivity index (χ4n) is 5.81. The molecule has 0 saturated carbocycles. The number of fused-ring (bicyclic) bond motifs is 1. The third-order valence-electron chi connectivity index (χ3n) is 7.98. The lowest BCUT2D eigenvalue weighted by Gasteiger charge is -2.37. The van der Waals surface area contributed by atoms with E-state index in [2.05, 4.69) is 38.1 Å². The lowest BCUT2D eigenvalue weighted by atomic mass is 10.0. The van der Waals surface area contributed by atoms with Crippen molar-refractivity contribution in [2.75, 3.05) is 25.0 Å². The van der Waals surface area contributed by atoms with Crippen LogP contribution in [0.25, 0.3) is 22.7 Å². The zero-order chi connectivity index (χ0) is 28.5. The minimum atomic E-state index is -0.0726. The van der Waals surface area contributed by atoms with Gasteiger partial charge in [-0.2, -0.15) is 0 Å². The summed E-state index contributed by atoms with van der Waals surface area (Å²) in [6.45, 7) is 6.63. The van der Waals surface area contributed by atoms with Gasteiger partial charge in [-0.1, -0.05) is 29.8 Å². The number of amides is 3. The van der Waals surface area contributed by atoms with Gasteiger partial charge in [-0.05, 0) is 62.9 Å². The van der Waals surface area contributed by atoms with Gasteiger partial charge in [0.25, 0.3) is 0 Å². The van der Waals surface area contributed by atoms with E-state index in [-0.39, 0.29) is 30.3 Å². The summed E-state index contributed by atoms with van der Waals surface area (Å²) in [5, 5.41) is 11.9. The Morgan fingerprint density at radius 2 is 1.88 bits per heavy atom. The van der Waals surface area contributed by atoms with E-state index in [9.17, 15) is 9.59 Å². The van der Waals surface area contributed by atoms with E-state index in [1.165, 1.54) is 0 Å². The van der Waals surface area contributed by atoms with E-state index in [1.807, 2.05) is 53.3 Å². The quantitative estimate of drug-likeness (QED) is 0.339. The Kier molecular flexibility index (Phi) is 7.49. The molecule has 41 heavy (non-hydrogen) atoms. The van der Waals surface area contributed by atoms with E-state index < -0.39 is 0 Å². The van der Waals surface area contributed by atoms with Crippen molar-refractivity contribution in [1.82, 2.24) is 29.5 Å². The molecule has 1 N–H and O–H groups in total. The second-order valence-electron chi connectivity index (χ2n) is 10.5. The molecule has 0 unspecified atom stereocenters. The van der Waals surface area contributed by atoms with Crippen LogP contribution in [0.2, 0.25) is 5.02 Å². The Balaban J connectivity index is 1.08. The fraction of sp³-hybridized carbons (Fsp3) is 0.367. The first kappa shape index (κ1) is 27.0. The van der Waals surface area contributed by atoms with Crippen molar-refractivity contribution in [2.24, 2.45) is 0 Å². The molecule has 0 spiro atoms. The van der Waals surface area contributed by atoms with Gasteiger partial charge in [0.15, 0.2) is 0 Å². The second kappa shape index (κ2) is 11.4. The number of nitrogens with zero attached hydrogens (tertiary/aromatic N) is 6. The van der Waals surface area contributed by atoms with Crippen LogP contribution in [-0.2, 0) is 24.2 Å². The summed E-state index contributed by atoms with van der Waals surface area (Å²) in [4.78, 5) is 34.2. The number of carbonyl (C=O) groups excluding carboxylic acids is 2. The molecule has 1 fully saturated rings.